The summed E-state index contributed by atoms with van der Waals surface area (Å²) < 4.78 is 5.56. The van der Waals surface area contributed by atoms with Crippen molar-refractivity contribution in [1.82, 2.24) is 5.32 Å². The highest BCUT2D eigenvalue weighted by molar-refractivity contribution is 5.79. The fourth-order valence-electron chi connectivity index (χ4n) is 4.04. The molecule has 0 aliphatic heterocycles. The van der Waals surface area contributed by atoms with E-state index in [-0.39, 0.29) is 5.92 Å². The number of aliphatic hydroxyl groups is 1. The average Bonchev–Trinajstić information content (AvgIpc) is 2.84. The van der Waals surface area contributed by atoms with Crippen molar-refractivity contribution in [2.75, 3.05) is 6.61 Å². The molecule has 0 atom stereocenters. The van der Waals surface area contributed by atoms with Gasteiger partial charge < -0.3 is 15.2 Å². The van der Waals surface area contributed by atoms with Crippen molar-refractivity contribution in [2.24, 2.45) is 0 Å². The molecule has 4 heteroatoms. The summed E-state index contributed by atoms with van der Waals surface area (Å²) in [5.41, 5.74) is 3.38. The molecule has 1 aliphatic rings. The Balaban J connectivity index is 1.69. The molecule has 0 saturated heterocycles. The van der Waals surface area contributed by atoms with Gasteiger partial charge in [0, 0.05) is 11.5 Å². The average molecular weight is 353 g/mol. The number of nitrogens with one attached hydrogen (secondary N) is 1. The third-order valence-electron chi connectivity index (χ3n) is 4.66. The summed E-state index contributed by atoms with van der Waals surface area (Å²) in [5, 5.41) is 12.9. The molecule has 0 heterocycles. The fourth-order valence-corrected chi connectivity index (χ4v) is 4.04. The Morgan fingerprint density at radius 1 is 1.00 bits per heavy atom. The minimum atomic E-state index is -0.861. The first kappa shape index (κ1) is 18.5. The minimum absolute atomic E-state index is 0.0468. The molecule has 0 unspecified atom stereocenters. The van der Waals surface area contributed by atoms with Gasteiger partial charge in [-0.2, -0.15) is 0 Å². The summed E-state index contributed by atoms with van der Waals surface area (Å²) in [6, 6.07) is 16.5. The first-order chi connectivity index (χ1) is 12.2. The van der Waals surface area contributed by atoms with Gasteiger partial charge in [0.25, 0.3) is 0 Å². The molecular weight excluding hydrogens is 326 g/mol. The molecule has 1 amide bonds. The lowest BCUT2D eigenvalue weighted by Crippen LogP contribution is -2.48. The van der Waals surface area contributed by atoms with Crippen molar-refractivity contribution in [3.8, 4) is 11.1 Å². The van der Waals surface area contributed by atoms with Gasteiger partial charge >= 0.3 is 6.09 Å². The first-order valence-corrected chi connectivity index (χ1v) is 9.02. The number of rotatable bonds is 5. The Hall–Kier alpha value is -2.33. The van der Waals surface area contributed by atoms with Crippen molar-refractivity contribution < 1.29 is 14.6 Å². The summed E-state index contributed by atoms with van der Waals surface area (Å²) in [5.74, 6) is 0.0468. The molecule has 0 aromatic heterocycles. The van der Waals surface area contributed by atoms with E-state index in [2.05, 4.69) is 29.6 Å². The number of hydrogen-bond acceptors (Lipinski definition) is 3. The molecule has 4 nitrogen and oxygen atoms in total. The van der Waals surface area contributed by atoms with Crippen molar-refractivity contribution >= 4 is 6.09 Å². The van der Waals surface area contributed by atoms with Crippen LogP contribution in [0.1, 0.15) is 51.2 Å². The van der Waals surface area contributed by atoms with E-state index in [1.807, 2.05) is 38.1 Å². The standard InChI is InChI=1S/C22H27NO3/c1-21(2,14-22(3,4)25)23-20(24)26-13-19-17-11-7-5-9-15(17)16-10-6-8-12-18(16)19/h5-12,19,25H,13-14H2,1-4H3,(H,23,24). The second kappa shape index (κ2) is 6.76. The molecule has 2 aromatic carbocycles. The Bertz CT molecular complexity index is 760. The number of ether oxygens (including phenoxy) is 1. The lowest BCUT2D eigenvalue weighted by atomic mass is 9.90. The molecule has 138 valence electrons. The van der Waals surface area contributed by atoms with Crippen LogP contribution in [0, 0.1) is 0 Å². The maximum absolute atomic E-state index is 12.3. The van der Waals surface area contributed by atoms with Crippen molar-refractivity contribution in [2.45, 2.75) is 51.2 Å². The van der Waals surface area contributed by atoms with Crippen LogP contribution in [-0.2, 0) is 4.74 Å². The zero-order chi connectivity index (χ0) is 18.9. The van der Waals surface area contributed by atoms with Gasteiger partial charge in [0.15, 0.2) is 0 Å². The molecule has 26 heavy (non-hydrogen) atoms. The van der Waals surface area contributed by atoms with E-state index < -0.39 is 17.2 Å². The minimum Gasteiger partial charge on any atom is -0.449 e. The van der Waals surface area contributed by atoms with Crippen LogP contribution in [0.25, 0.3) is 11.1 Å². The topological polar surface area (TPSA) is 58.6 Å². The third kappa shape index (κ3) is 4.07. The zero-order valence-electron chi connectivity index (χ0n) is 15.9. The largest absolute Gasteiger partial charge is 0.449 e. The van der Waals surface area contributed by atoms with Crippen LogP contribution in [0.3, 0.4) is 0 Å². The van der Waals surface area contributed by atoms with Gasteiger partial charge in [-0.05, 0) is 56.4 Å². The molecule has 3 rings (SSSR count). The number of carbonyl (C=O) groups is 1. The highest BCUT2D eigenvalue weighted by Crippen LogP contribution is 2.44. The van der Waals surface area contributed by atoms with Crippen LogP contribution in [0.2, 0.25) is 0 Å². The first-order valence-electron chi connectivity index (χ1n) is 9.02. The number of hydrogen-bond donors (Lipinski definition) is 2. The third-order valence-corrected chi connectivity index (χ3v) is 4.66. The van der Waals surface area contributed by atoms with Crippen LogP contribution >= 0.6 is 0 Å². The number of alkyl carbamates (subject to hydrolysis) is 1. The summed E-state index contributed by atoms with van der Waals surface area (Å²) in [6.07, 6.45) is -0.0226. The molecule has 0 spiro atoms. The smallest absolute Gasteiger partial charge is 0.407 e. The van der Waals surface area contributed by atoms with E-state index >= 15 is 0 Å². The normalized spacial score (nSPS) is 13.9. The van der Waals surface area contributed by atoms with Crippen molar-refractivity contribution in [1.29, 1.82) is 0 Å². The summed E-state index contributed by atoms with van der Waals surface area (Å²) in [6.45, 7) is 7.51. The lowest BCUT2D eigenvalue weighted by molar-refractivity contribution is 0.0425. The van der Waals surface area contributed by atoms with Crippen LogP contribution < -0.4 is 5.32 Å². The maximum atomic E-state index is 12.3. The SMILES string of the molecule is CC(C)(O)CC(C)(C)NC(=O)OCC1c2ccccc2-c2ccccc21. The fraction of sp³-hybridized carbons (Fsp3) is 0.409. The Morgan fingerprint density at radius 3 is 2.00 bits per heavy atom. The number of carbonyl (C=O) groups excluding carboxylic acids is 1. The van der Waals surface area contributed by atoms with Gasteiger partial charge in [-0.25, -0.2) is 4.79 Å². The van der Waals surface area contributed by atoms with E-state index in [1.54, 1.807) is 13.8 Å². The van der Waals surface area contributed by atoms with E-state index in [0.29, 0.717) is 13.0 Å². The predicted molar refractivity (Wildman–Crippen MR) is 103 cm³/mol. The second-order valence-corrected chi connectivity index (χ2v) is 8.32. The van der Waals surface area contributed by atoms with Gasteiger partial charge in [-0.3, -0.25) is 0 Å². The molecular formula is C22H27NO3. The van der Waals surface area contributed by atoms with Crippen molar-refractivity contribution in [3.63, 3.8) is 0 Å². The maximum Gasteiger partial charge on any atom is 0.407 e. The number of benzene rings is 2. The molecule has 2 N–H and O–H groups in total. The van der Waals surface area contributed by atoms with Gasteiger partial charge in [-0.15, -0.1) is 0 Å². The summed E-state index contributed by atoms with van der Waals surface area (Å²) in [7, 11) is 0. The van der Waals surface area contributed by atoms with Crippen LogP contribution in [0.5, 0.6) is 0 Å². The molecule has 1 aliphatic carbocycles. The monoisotopic (exact) mass is 353 g/mol. The van der Waals surface area contributed by atoms with E-state index in [0.717, 1.165) is 0 Å². The highest BCUT2D eigenvalue weighted by atomic mass is 16.5. The molecule has 0 fully saturated rings. The quantitative estimate of drug-likeness (QED) is 0.834. The molecule has 0 radical (unpaired) electrons. The lowest BCUT2D eigenvalue weighted by Gasteiger charge is -2.32. The van der Waals surface area contributed by atoms with Gasteiger partial charge in [0.05, 0.1) is 5.60 Å². The van der Waals surface area contributed by atoms with Crippen LogP contribution in [-0.4, -0.2) is 28.9 Å². The van der Waals surface area contributed by atoms with Crippen molar-refractivity contribution in [3.05, 3.63) is 59.7 Å². The zero-order valence-corrected chi connectivity index (χ0v) is 15.9. The molecule has 2 aromatic rings. The summed E-state index contributed by atoms with van der Waals surface area (Å²) in [4.78, 5) is 12.3. The van der Waals surface area contributed by atoms with Gasteiger partial charge in [0.2, 0.25) is 0 Å². The predicted octanol–water partition coefficient (Wildman–Crippen LogP) is 4.46. The highest BCUT2D eigenvalue weighted by Gasteiger charge is 2.31. The Kier molecular flexibility index (Phi) is 4.80. The van der Waals surface area contributed by atoms with E-state index in [9.17, 15) is 9.90 Å². The number of fused-ring (bicyclic) bond motifs is 3. The Labute approximate surface area is 155 Å². The molecule has 0 bridgehead atoms. The van der Waals surface area contributed by atoms with Gasteiger partial charge in [-0.1, -0.05) is 48.5 Å². The van der Waals surface area contributed by atoms with Gasteiger partial charge in [0.1, 0.15) is 6.61 Å². The molecule has 0 saturated carbocycles. The number of amides is 1. The Morgan fingerprint density at radius 2 is 1.50 bits per heavy atom. The van der Waals surface area contributed by atoms with E-state index in [4.69, 9.17) is 4.74 Å². The summed E-state index contributed by atoms with van der Waals surface area (Å²) >= 11 is 0. The van der Waals surface area contributed by atoms with Crippen LogP contribution in [0.15, 0.2) is 48.5 Å². The van der Waals surface area contributed by atoms with E-state index in [1.165, 1.54) is 22.3 Å². The van der Waals surface area contributed by atoms with Crippen LogP contribution in [0.4, 0.5) is 4.79 Å². The second-order valence-electron chi connectivity index (χ2n) is 8.32.